The Morgan fingerprint density at radius 3 is 2.22 bits per heavy atom. The van der Waals surface area contributed by atoms with Crippen LogP contribution in [0.2, 0.25) is 0 Å². The molecule has 0 aliphatic heterocycles. The molecule has 0 spiro atoms. The number of ether oxygens (including phenoxy) is 4. The summed E-state index contributed by atoms with van der Waals surface area (Å²) >= 11 is 0. The molecule has 0 radical (unpaired) electrons. The highest BCUT2D eigenvalue weighted by Gasteiger charge is 2.33. The predicted molar refractivity (Wildman–Crippen MR) is 132 cm³/mol. The maximum atomic E-state index is 13.5. The lowest BCUT2D eigenvalue weighted by molar-refractivity contribution is -0.387. The van der Waals surface area contributed by atoms with Crippen LogP contribution in [0.15, 0.2) is 59.6 Å². The molecule has 196 valence electrons. The van der Waals surface area contributed by atoms with E-state index in [1.807, 2.05) is 0 Å². The van der Waals surface area contributed by atoms with E-state index in [9.17, 15) is 23.3 Å². The first-order valence-electron chi connectivity index (χ1n) is 10.7. The molecule has 0 atom stereocenters. The van der Waals surface area contributed by atoms with Crippen LogP contribution in [0.4, 0.5) is 5.69 Å². The number of benzene rings is 2. The van der Waals surface area contributed by atoms with Gasteiger partial charge in [0.2, 0.25) is 5.75 Å². The number of aromatic nitrogens is 1. The summed E-state index contributed by atoms with van der Waals surface area (Å²) in [6, 6.07) is 11.5. The van der Waals surface area contributed by atoms with Crippen LogP contribution in [0.3, 0.4) is 0 Å². The summed E-state index contributed by atoms with van der Waals surface area (Å²) in [6.45, 7) is -0.948. The third kappa shape index (κ3) is 5.95. The van der Waals surface area contributed by atoms with Crippen molar-refractivity contribution in [2.24, 2.45) is 0 Å². The van der Waals surface area contributed by atoms with E-state index in [0.29, 0.717) is 34.1 Å². The van der Waals surface area contributed by atoms with E-state index in [4.69, 9.17) is 14.2 Å². The van der Waals surface area contributed by atoms with Crippen molar-refractivity contribution >= 4 is 21.7 Å². The molecule has 1 aromatic heterocycles. The molecule has 1 heterocycles. The summed E-state index contributed by atoms with van der Waals surface area (Å²) < 4.78 is 48.5. The maximum Gasteiger partial charge on any atom is 0.321 e. The van der Waals surface area contributed by atoms with E-state index in [1.54, 1.807) is 24.3 Å². The molecular formula is C24H25N3O9S. The number of hydrogen-bond donors (Lipinski definition) is 0. The molecule has 0 fully saturated rings. The van der Waals surface area contributed by atoms with E-state index in [0.717, 1.165) is 23.5 Å². The van der Waals surface area contributed by atoms with Gasteiger partial charge >= 0.3 is 5.97 Å². The Morgan fingerprint density at radius 2 is 1.65 bits per heavy atom. The van der Waals surface area contributed by atoms with Crippen LogP contribution >= 0.6 is 0 Å². The van der Waals surface area contributed by atoms with Gasteiger partial charge < -0.3 is 18.9 Å². The van der Waals surface area contributed by atoms with Crippen LogP contribution in [0.1, 0.15) is 5.56 Å². The number of para-hydroxylation sites is 1. The van der Waals surface area contributed by atoms with Gasteiger partial charge in [-0.2, -0.15) is 4.31 Å². The van der Waals surface area contributed by atoms with E-state index >= 15 is 0 Å². The number of nitrogens with zero attached hydrogens (tertiary/aromatic N) is 3. The van der Waals surface area contributed by atoms with Crippen molar-refractivity contribution in [3.63, 3.8) is 0 Å². The molecule has 0 saturated carbocycles. The van der Waals surface area contributed by atoms with Crippen molar-refractivity contribution in [3.8, 4) is 28.5 Å². The van der Waals surface area contributed by atoms with Crippen LogP contribution in [0, 0.1) is 10.1 Å². The van der Waals surface area contributed by atoms with Crippen LogP contribution in [0.5, 0.6) is 17.2 Å². The summed E-state index contributed by atoms with van der Waals surface area (Å²) in [5.41, 5.74) is 0.908. The lowest BCUT2D eigenvalue weighted by Gasteiger charge is -2.21. The Kier molecular flexibility index (Phi) is 8.63. The minimum Gasteiger partial charge on any atom is -0.493 e. The minimum atomic E-state index is -4.47. The number of carbonyl (C=O) groups excluding carboxylic acids is 1. The third-order valence-electron chi connectivity index (χ3n) is 5.36. The smallest absolute Gasteiger partial charge is 0.321 e. The Morgan fingerprint density at radius 1 is 1.00 bits per heavy atom. The number of pyridine rings is 1. The molecule has 0 aliphatic carbocycles. The Bertz CT molecular complexity index is 1390. The van der Waals surface area contributed by atoms with Crippen molar-refractivity contribution in [2.75, 3.05) is 35.0 Å². The minimum absolute atomic E-state index is 0.288. The van der Waals surface area contributed by atoms with Crippen LogP contribution in [-0.2, 0) is 26.1 Å². The molecule has 37 heavy (non-hydrogen) atoms. The van der Waals surface area contributed by atoms with Gasteiger partial charge in [-0.15, -0.1) is 0 Å². The number of carbonyl (C=O) groups is 1. The van der Waals surface area contributed by atoms with Crippen LogP contribution < -0.4 is 14.2 Å². The fraction of sp³-hybridized carbons (Fsp3) is 0.250. The monoisotopic (exact) mass is 531 g/mol. The van der Waals surface area contributed by atoms with Crippen molar-refractivity contribution in [1.82, 2.24) is 9.29 Å². The lowest BCUT2D eigenvalue weighted by Crippen LogP contribution is -2.36. The molecular weight excluding hydrogens is 506 g/mol. The number of hydrogen-bond acceptors (Lipinski definition) is 10. The summed E-state index contributed by atoms with van der Waals surface area (Å²) in [6.07, 6.45) is 1.47. The second kappa shape index (κ2) is 11.7. The van der Waals surface area contributed by atoms with Gasteiger partial charge in [0.1, 0.15) is 6.54 Å². The zero-order valence-electron chi connectivity index (χ0n) is 20.5. The third-order valence-corrected chi connectivity index (χ3v) is 7.20. The van der Waals surface area contributed by atoms with Gasteiger partial charge in [0.25, 0.3) is 15.7 Å². The highest BCUT2D eigenvalue weighted by molar-refractivity contribution is 7.89. The summed E-state index contributed by atoms with van der Waals surface area (Å²) in [5.74, 6) is 0.358. The first-order valence-corrected chi connectivity index (χ1v) is 12.2. The predicted octanol–water partition coefficient (Wildman–Crippen LogP) is 3.05. The molecule has 3 aromatic rings. The molecule has 13 heteroatoms. The number of nitro benzene ring substituents is 1. The maximum absolute atomic E-state index is 13.5. The summed E-state index contributed by atoms with van der Waals surface area (Å²) in [4.78, 5) is 26.6. The number of nitro groups is 1. The van der Waals surface area contributed by atoms with Gasteiger partial charge in [-0.05, 0) is 35.9 Å². The van der Waals surface area contributed by atoms with Gasteiger partial charge in [0.05, 0.1) is 39.1 Å². The first-order chi connectivity index (χ1) is 17.7. The zero-order valence-corrected chi connectivity index (χ0v) is 21.4. The fourth-order valence-electron chi connectivity index (χ4n) is 3.56. The molecule has 0 amide bonds. The van der Waals surface area contributed by atoms with E-state index < -0.39 is 38.0 Å². The molecule has 0 unspecified atom stereocenters. The molecule has 0 bridgehead atoms. The number of esters is 1. The van der Waals surface area contributed by atoms with Crippen molar-refractivity contribution in [3.05, 3.63) is 70.4 Å². The summed E-state index contributed by atoms with van der Waals surface area (Å²) in [5, 5.41) is 11.5. The van der Waals surface area contributed by atoms with E-state index in [1.165, 1.54) is 39.7 Å². The van der Waals surface area contributed by atoms with Crippen LogP contribution in [0.25, 0.3) is 11.3 Å². The standard InChI is InChI=1S/C24H25N3O9S/c1-33-20-12-17(13-21(34-2)24(20)36-4)18-11-16(9-10-25-18)14-26(15-23(28)35-3)37(31,32)22-8-6-5-7-19(22)27(29)30/h5-13H,14-15H2,1-4H3. The quantitative estimate of drug-likeness (QED) is 0.205. The van der Waals surface area contributed by atoms with Gasteiger partial charge in [-0.3, -0.25) is 19.9 Å². The summed E-state index contributed by atoms with van der Waals surface area (Å²) in [7, 11) is 1.07. The average molecular weight is 532 g/mol. The zero-order chi connectivity index (χ0) is 27.2. The average Bonchev–Trinajstić information content (AvgIpc) is 2.91. The first kappa shape index (κ1) is 27.4. The number of rotatable bonds is 11. The Hall–Kier alpha value is -4.23. The van der Waals surface area contributed by atoms with Gasteiger partial charge in [0.15, 0.2) is 16.4 Å². The lowest BCUT2D eigenvalue weighted by atomic mass is 10.1. The Balaban J connectivity index is 2.06. The van der Waals surface area contributed by atoms with Crippen LogP contribution in [-0.4, -0.2) is 63.6 Å². The van der Waals surface area contributed by atoms with Crippen molar-refractivity contribution in [1.29, 1.82) is 0 Å². The van der Waals surface area contributed by atoms with E-state index in [2.05, 4.69) is 9.72 Å². The molecule has 12 nitrogen and oxygen atoms in total. The second-order valence-electron chi connectivity index (χ2n) is 7.54. The molecule has 3 rings (SSSR count). The Labute approximate surface area is 213 Å². The topological polar surface area (TPSA) is 147 Å². The van der Waals surface area contributed by atoms with E-state index in [-0.39, 0.29) is 6.54 Å². The van der Waals surface area contributed by atoms with Crippen molar-refractivity contribution in [2.45, 2.75) is 11.4 Å². The largest absolute Gasteiger partial charge is 0.493 e. The normalized spacial score (nSPS) is 11.2. The molecule has 0 saturated heterocycles. The molecule has 0 aliphatic rings. The molecule has 0 N–H and O–H groups in total. The molecule has 2 aromatic carbocycles. The van der Waals surface area contributed by atoms with Gasteiger partial charge in [-0.25, -0.2) is 8.42 Å². The number of sulfonamides is 1. The second-order valence-corrected chi connectivity index (χ2v) is 9.44. The van der Waals surface area contributed by atoms with Gasteiger partial charge in [-0.1, -0.05) is 12.1 Å². The highest BCUT2D eigenvalue weighted by atomic mass is 32.2. The highest BCUT2D eigenvalue weighted by Crippen LogP contribution is 2.41. The number of methoxy groups -OCH3 is 4. The van der Waals surface area contributed by atoms with Crippen molar-refractivity contribution < 1.29 is 37.1 Å². The van der Waals surface area contributed by atoms with Gasteiger partial charge in [0, 0.05) is 24.4 Å². The SMILES string of the molecule is COC(=O)CN(Cc1ccnc(-c2cc(OC)c(OC)c(OC)c2)c1)S(=O)(=O)c1ccccc1[N+](=O)[O-]. The fourth-order valence-corrected chi connectivity index (χ4v) is 5.09.